The van der Waals surface area contributed by atoms with Crippen LogP contribution < -0.4 is 0 Å². The Morgan fingerprint density at radius 1 is 0.771 bits per heavy atom. The Kier molecular flexibility index (Phi) is 23.9. The van der Waals surface area contributed by atoms with Crippen LogP contribution in [-0.4, -0.2) is 49.4 Å². The van der Waals surface area contributed by atoms with Crippen LogP contribution in [0.2, 0.25) is 0 Å². The molecule has 0 heterocycles. The first-order valence-electron chi connectivity index (χ1n) is 14.6. The van der Waals surface area contributed by atoms with Crippen LogP contribution in [0, 0.1) is 5.92 Å². The van der Waals surface area contributed by atoms with Gasteiger partial charge in [-0.2, -0.15) is 0 Å². The fraction of sp³-hybridized carbons (Fsp3) is 0.964. The molecule has 35 heavy (non-hydrogen) atoms. The summed E-state index contributed by atoms with van der Waals surface area (Å²) in [7, 11) is -0.325. The Morgan fingerprint density at radius 3 is 1.66 bits per heavy atom. The summed E-state index contributed by atoms with van der Waals surface area (Å²) in [6.07, 6.45) is 23.0. The number of nitrogens with zero attached hydrogens (tertiary/aromatic N) is 1. The highest BCUT2D eigenvalue weighted by Gasteiger charge is 2.24. The molecule has 2 atom stereocenters. The molecule has 0 rings (SSSR count). The van der Waals surface area contributed by atoms with Crippen molar-refractivity contribution in [2.45, 2.75) is 136 Å². The number of likely N-dealkylation sites (N-methyl/N-ethyl adjacent to an activating group) is 1. The van der Waals surface area contributed by atoms with Crippen LogP contribution >= 0.6 is 7.82 Å². The monoisotopic (exact) mass is 519 g/mol. The molecule has 0 aromatic rings. The van der Waals surface area contributed by atoms with E-state index < -0.39 is 7.82 Å². The molecule has 210 valence electrons. The van der Waals surface area contributed by atoms with Crippen molar-refractivity contribution in [3.63, 3.8) is 0 Å². The Balaban J connectivity index is 3.82. The van der Waals surface area contributed by atoms with Crippen molar-refractivity contribution in [2.24, 2.45) is 5.92 Å². The van der Waals surface area contributed by atoms with Gasteiger partial charge in [-0.15, -0.1) is 0 Å². The maximum Gasteiger partial charge on any atom is 0.472 e. The summed E-state index contributed by atoms with van der Waals surface area (Å²) in [5.41, 5.74) is 0. The predicted molar refractivity (Wildman–Crippen MR) is 148 cm³/mol. The predicted octanol–water partition coefficient (Wildman–Crippen LogP) is 8.32. The Labute approximate surface area is 217 Å². The van der Waals surface area contributed by atoms with Crippen LogP contribution in [0.1, 0.15) is 136 Å². The topological polar surface area (TPSA) is 76.1 Å². The van der Waals surface area contributed by atoms with Gasteiger partial charge in [-0.1, -0.05) is 117 Å². The second kappa shape index (κ2) is 24.1. The van der Waals surface area contributed by atoms with Crippen molar-refractivity contribution < 1.29 is 23.3 Å². The van der Waals surface area contributed by atoms with Gasteiger partial charge in [-0.25, -0.2) is 4.57 Å². The molecule has 0 aromatic carbocycles. The largest absolute Gasteiger partial charge is 0.472 e. The first kappa shape index (κ1) is 34.7. The van der Waals surface area contributed by atoms with Crippen LogP contribution in [0.3, 0.4) is 0 Å². The number of hydrogen-bond acceptors (Lipinski definition) is 5. The normalized spacial score (nSPS) is 14.3. The number of unbranched alkanes of at least 4 members (excludes halogenated alkanes) is 15. The van der Waals surface area contributed by atoms with E-state index in [4.69, 9.17) is 9.05 Å². The van der Waals surface area contributed by atoms with Crippen LogP contribution in [0.4, 0.5) is 0 Å². The third-order valence-corrected chi connectivity index (χ3v) is 7.63. The summed E-state index contributed by atoms with van der Waals surface area (Å²) in [5, 5.41) is 0. The van der Waals surface area contributed by atoms with Gasteiger partial charge in [0.15, 0.2) is 0 Å². The van der Waals surface area contributed by atoms with Crippen molar-refractivity contribution in [1.82, 2.24) is 4.90 Å². The molecule has 0 fully saturated rings. The maximum atomic E-state index is 12.1. The minimum Gasteiger partial charge on any atom is -0.307 e. The average Bonchev–Trinajstić information content (AvgIpc) is 2.81. The van der Waals surface area contributed by atoms with Gasteiger partial charge in [-0.3, -0.25) is 13.8 Å². The van der Waals surface area contributed by atoms with Gasteiger partial charge in [0.05, 0.1) is 13.2 Å². The van der Waals surface area contributed by atoms with E-state index in [2.05, 4.69) is 6.92 Å². The zero-order valence-electron chi connectivity index (χ0n) is 23.6. The SMILES string of the molecule is CCCCCCCCCCCCCCCCCCC(COP(=O)(O)OCCN(C)C)CC(=O)CC. The fourth-order valence-corrected chi connectivity index (χ4v) is 5.05. The molecule has 7 heteroatoms. The summed E-state index contributed by atoms with van der Waals surface area (Å²) < 4.78 is 22.3. The molecule has 0 saturated carbocycles. The summed E-state index contributed by atoms with van der Waals surface area (Å²) >= 11 is 0. The Hall–Kier alpha value is -0.260. The Morgan fingerprint density at radius 2 is 1.23 bits per heavy atom. The maximum absolute atomic E-state index is 12.1. The lowest BCUT2D eigenvalue weighted by Crippen LogP contribution is -2.18. The van der Waals surface area contributed by atoms with Crippen molar-refractivity contribution >= 4 is 13.6 Å². The summed E-state index contributed by atoms with van der Waals surface area (Å²) in [5.74, 6) is 0.156. The Bertz CT molecular complexity index is 529. The highest BCUT2D eigenvalue weighted by molar-refractivity contribution is 7.47. The van der Waals surface area contributed by atoms with Gasteiger partial charge < -0.3 is 9.79 Å². The zero-order valence-corrected chi connectivity index (χ0v) is 24.5. The standard InChI is InChI=1S/C28H58NO5P/c1-5-7-8-9-10-11-12-13-14-15-16-17-18-19-20-21-22-27(25-28(30)6-2)26-34-35(31,32)33-24-23-29(3)4/h27H,5-26H2,1-4H3,(H,31,32). The number of Topliss-reactive ketones (excluding diaryl/α,β-unsaturated/α-hetero) is 1. The van der Waals surface area contributed by atoms with Crippen LogP contribution in [0.15, 0.2) is 0 Å². The lowest BCUT2D eigenvalue weighted by molar-refractivity contribution is -0.120. The number of phosphoric acid groups is 1. The molecular formula is C28H58NO5P. The smallest absolute Gasteiger partial charge is 0.307 e. The third-order valence-electron chi connectivity index (χ3n) is 6.64. The van der Waals surface area contributed by atoms with Crippen molar-refractivity contribution in [2.75, 3.05) is 33.9 Å². The molecule has 6 nitrogen and oxygen atoms in total. The minimum atomic E-state index is -4.07. The summed E-state index contributed by atoms with van der Waals surface area (Å²) in [6, 6.07) is 0. The molecule has 0 aliphatic rings. The average molecular weight is 520 g/mol. The summed E-state index contributed by atoms with van der Waals surface area (Å²) in [6.45, 7) is 4.91. The van der Waals surface area contributed by atoms with Crippen molar-refractivity contribution in [3.8, 4) is 0 Å². The fourth-order valence-electron chi connectivity index (χ4n) is 4.27. The second-order valence-corrected chi connectivity index (χ2v) is 11.9. The number of hydrogen-bond donors (Lipinski definition) is 1. The number of ketones is 1. The van der Waals surface area contributed by atoms with Crippen LogP contribution in [0.25, 0.3) is 0 Å². The van der Waals surface area contributed by atoms with E-state index in [0.29, 0.717) is 19.4 Å². The molecule has 0 aliphatic heterocycles. The van der Waals surface area contributed by atoms with Gasteiger partial charge in [0, 0.05) is 19.4 Å². The number of rotatable bonds is 27. The molecule has 0 amide bonds. The van der Waals surface area contributed by atoms with E-state index in [1.165, 1.54) is 89.9 Å². The highest BCUT2D eigenvalue weighted by atomic mass is 31.2. The molecule has 0 aromatic heterocycles. The molecule has 0 aliphatic carbocycles. The lowest BCUT2D eigenvalue weighted by Gasteiger charge is -2.19. The van der Waals surface area contributed by atoms with Gasteiger partial charge in [0.1, 0.15) is 5.78 Å². The van der Waals surface area contributed by atoms with Crippen LogP contribution in [0.5, 0.6) is 0 Å². The van der Waals surface area contributed by atoms with Crippen molar-refractivity contribution in [1.29, 1.82) is 0 Å². The second-order valence-electron chi connectivity index (χ2n) is 10.5. The number of carbonyl (C=O) groups is 1. The van der Waals surface area contributed by atoms with Crippen molar-refractivity contribution in [3.05, 3.63) is 0 Å². The van der Waals surface area contributed by atoms with Crippen LogP contribution in [-0.2, 0) is 18.4 Å². The van der Waals surface area contributed by atoms with E-state index in [0.717, 1.165) is 19.3 Å². The zero-order chi connectivity index (χ0) is 26.2. The lowest BCUT2D eigenvalue weighted by atomic mass is 9.95. The first-order chi connectivity index (χ1) is 16.8. The molecule has 0 bridgehead atoms. The molecule has 0 radical (unpaired) electrons. The number of carbonyl (C=O) groups excluding carboxylic acids is 1. The molecule has 0 spiro atoms. The third kappa shape index (κ3) is 25.2. The van der Waals surface area contributed by atoms with E-state index in [9.17, 15) is 14.3 Å². The minimum absolute atomic E-state index is 0.0213. The molecular weight excluding hydrogens is 461 g/mol. The highest BCUT2D eigenvalue weighted by Crippen LogP contribution is 2.43. The van der Waals surface area contributed by atoms with Gasteiger partial charge in [0.2, 0.25) is 0 Å². The molecule has 2 unspecified atom stereocenters. The van der Waals surface area contributed by atoms with Gasteiger partial charge >= 0.3 is 7.82 Å². The van der Waals surface area contributed by atoms with Gasteiger partial charge in [-0.05, 0) is 26.4 Å². The summed E-state index contributed by atoms with van der Waals surface area (Å²) in [4.78, 5) is 23.7. The molecule has 1 N–H and O–H groups in total. The van der Waals surface area contributed by atoms with Gasteiger partial charge in [0.25, 0.3) is 0 Å². The van der Waals surface area contributed by atoms with E-state index in [1.807, 2.05) is 25.9 Å². The first-order valence-corrected chi connectivity index (χ1v) is 16.1. The van der Waals surface area contributed by atoms with E-state index in [1.54, 1.807) is 0 Å². The number of phosphoric ester groups is 1. The quantitative estimate of drug-likeness (QED) is 0.0868. The van der Waals surface area contributed by atoms with E-state index in [-0.39, 0.29) is 24.9 Å². The molecule has 0 saturated heterocycles. The van der Waals surface area contributed by atoms with E-state index >= 15 is 0 Å².